The van der Waals surface area contributed by atoms with Crippen molar-refractivity contribution in [3.05, 3.63) is 41.1 Å². The SMILES string of the molecule is COc1ccc(C#N)cc1Cc1nnc(CC2CC3CCCCC3NC2=O)o1. The monoisotopic (exact) mass is 380 g/mol. The van der Waals surface area contributed by atoms with E-state index >= 15 is 0 Å². The van der Waals surface area contributed by atoms with Crippen molar-refractivity contribution in [1.82, 2.24) is 15.5 Å². The molecule has 0 spiro atoms. The number of nitrogens with one attached hydrogen (secondary N) is 1. The third kappa shape index (κ3) is 3.86. The molecule has 7 heteroatoms. The summed E-state index contributed by atoms with van der Waals surface area (Å²) in [4.78, 5) is 12.5. The highest BCUT2D eigenvalue weighted by molar-refractivity contribution is 5.80. The first-order valence-electron chi connectivity index (χ1n) is 9.85. The van der Waals surface area contributed by atoms with Crippen LogP contribution in [0.4, 0.5) is 0 Å². The van der Waals surface area contributed by atoms with Gasteiger partial charge in [-0.2, -0.15) is 5.26 Å². The summed E-state index contributed by atoms with van der Waals surface area (Å²) in [7, 11) is 1.59. The molecule has 2 heterocycles. The van der Waals surface area contributed by atoms with Crippen LogP contribution in [0.2, 0.25) is 0 Å². The third-order valence-electron chi connectivity index (χ3n) is 5.88. The van der Waals surface area contributed by atoms with E-state index in [1.807, 2.05) is 0 Å². The lowest BCUT2D eigenvalue weighted by molar-refractivity contribution is -0.130. The Morgan fingerprint density at radius 2 is 2.11 bits per heavy atom. The Kier molecular flexibility index (Phi) is 5.29. The maximum atomic E-state index is 12.5. The third-order valence-corrected chi connectivity index (χ3v) is 5.88. The van der Waals surface area contributed by atoms with Crippen molar-refractivity contribution in [1.29, 1.82) is 5.26 Å². The number of carbonyl (C=O) groups excluding carboxylic acids is 1. The molecule has 3 unspecified atom stereocenters. The van der Waals surface area contributed by atoms with E-state index in [0.717, 1.165) is 18.4 Å². The Morgan fingerprint density at radius 1 is 1.29 bits per heavy atom. The number of nitriles is 1. The molecule has 2 aromatic rings. The van der Waals surface area contributed by atoms with Crippen LogP contribution in [-0.4, -0.2) is 29.3 Å². The fourth-order valence-electron chi connectivity index (χ4n) is 4.43. The molecular weight excluding hydrogens is 356 g/mol. The minimum atomic E-state index is -0.107. The van der Waals surface area contributed by atoms with Crippen LogP contribution in [0.15, 0.2) is 22.6 Å². The molecule has 3 atom stereocenters. The quantitative estimate of drug-likeness (QED) is 0.856. The van der Waals surface area contributed by atoms with Gasteiger partial charge in [-0.15, -0.1) is 10.2 Å². The number of hydrogen-bond acceptors (Lipinski definition) is 6. The molecule has 2 fully saturated rings. The number of fused-ring (bicyclic) bond motifs is 1. The Morgan fingerprint density at radius 3 is 2.93 bits per heavy atom. The Labute approximate surface area is 164 Å². The highest BCUT2D eigenvalue weighted by Crippen LogP contribution is 2.34. The van der Waals surface area contributed by atoms with Gasteiger partial charge in [-0.3, -0.25) is 4.79 Å². The van der Waals surface area contributed by atoms with Crippen LogP contribution in [0.25, 0.3) is 0 Å². The van der Waals surface area contributed by atoms with Crippen molar-refractivity contribution >= 4 is 5.91 Å². The van der Waals surface area contributed by atoms with Gasteiger partial charge in [-0.1, -0.05) is 12.8 Å². The standard InChI is InChI=1S/C21H24N4O3/c1-27-18-7-6-13(12-22)8-15(18)10-19-24-25-20(28-19)11-16-9-14-4-2-3-5-17(14)23-21(16)26/h6-8,14,16-17H,2-5,9-11H2,1H3,(H,23,26). The van der Waals surface area contributed by atoms with Gasteiger partial charge >= 0.3 is 0 Å². The summed E-state index contributed by atoms with van der Waals surface area (Å²) in [6.45, 7) is 0. The Hall–Kier alpha value is -2.88. The zero-order valence-corrected chi connectivity index (χ0v) is 16.0. The van der Waals surface area contributed by atoms with Gasteiger partial charge < -0.3 is 14.5 Å². The van der Waals surface area contributed by atoms with Crippen molar-refractivity contribution in [2.45, 2.75) is 51.0 Å². The summed E-state index contributed by atoms with van der Waals surface area (Å²) in [5.74, 6) is 2.18. The lowest BCUT2D eigenvalue weighted by Crippen LogP contribution is -2.51. The number of aromatic nitrogens is 2. The smallest absolute Gasteiger partial charge is 0.223 e. The summed E-state index contributed by atoms with van der Waals surface area (Å²) in [5.41, 5.74) is 1.37. The number of nitrogens with zero attached hydrogens (tertiary/aromatic N) is 3. The van der Waals surface area contributed by atoms with E-state index in [-0.39, 0.29) is 11.8 Å². The van der Waals surface area contributed by atoms with Crippen molar-refractivity contribution < 1.29 is 13.9 Å². The van der Waals surface area contributed by atoms with Gasteiger partial charge in [-0.25, -0.2) is 0 Å². The first-order valence-corrected chi connectivity index (χ1v) is 9.85. The number of benzene rings is 1. The number of amides is 1. The highest BCUT2D eigenvalue weighted by Gasteiger charge is 2.37. The second-order valence-electron chi connectivity index (χ2n) is 7.70. The summed E-state index contributed by atoms with van der Waals surface area (Å²) in [6, 6.07) is 7.70. The zero-order valence-electron chi connectivity index (χ0n) is 16.0. The Bertz CT molecular complexity index is 901. The average molecular weight is 380 g/mol. The molecule has 0 radical (unpaired) electrons. The van der Waals surface area contributed by atoms with Gasteiger partial charge in [0.2, 0.25) is 17.7 Å². The second kappa shape index (κ2) is 8.01. The molecular formula is C21H24N4O3. The van der Waals surface area contributed by atoms with Crippen LogP contribution in [0, 0.1) is 23.2 Å². The van der Waals surface area contributed by atoms with Crippen molar-refractivity contribution in [3.8, 4) is 11.8 Å². The van der Waals surface area contributed by atoms with E-state index < -0.39 is 0 Å². The lowest BCUT2D eigenvalue weighted by atomic mass is 9.75. The number of ether oxygens (including phenoxy) is 1. The normalized spacial score (nSPS) is 24.1. The van der Waals surface area contributed by atoms with Crippen molar-refractivity contribution in [2.24, 2.45) is 11.8 Å². The fraction of sp³-hybridized carbons (Fsp3) is 0.524. The number of hydrogen-bond donors (Lipinski definition) is 1. The van der Waals surface area contributed by atoms with E-state index in [4.69, 9.17) is 14.4 Å². The van der Waals surface area contributed by atoms with Crippen molar-refractivity contribution in [2.75, 3.05) is 7.11 Å². The predicted molar refractivity (Wildman–Crippen MR) is 101 cm³/mol. The van der Waals surface area contributed by atoms with Crippen LogP contribution in [0.3, 0.4) is 0 Å². The molecule has 2 aliphatic rings. The van der Waals surface area contributed by atoms with Gasteiger partial charge in [0, 0.05) is 23.9 Å². The van der Waals surface area contributed by atoms with Gasteiger partial charge in [0.1, 0.15) is 5.75 Å². The minimum Gasteiger partial charge on any atom is -0.496 e. The number of rotatable bonds is 5. The minimum absolute atomic E-state index is 0.103. The molecule has 1 aliphatic heterocycles. The molecule has 1 saturated carbocycles. The maximum Gasteiger partial charge on any atom is 0.223 e. The van der Waals surface area contributed by atoms with E-state index in [1.54, 1.807) is 25.3 Å². The van der Waals surface area contributed by atoms with Gasteiger partial charge in [0.25, 0.3) is 0 Å². The summed E-state index contributed by atoms with van der Waals surface area (Å²) in [5, 5.41) is 20.6. The number of methoxy groups -OCH3 is 1. The molecule has 1 aromatic carbocycles. The van der Waals surface area contributed by atoms with E-state index in [9.17, 15) is 4.79 Å². The molecule has 1 amide bonds. The molecule has 0 bridgehead atoms. The summed E-state index contributed by atoms with van der Waals surface area (Å²) >= 11 is 0. The van der Waals surface area contributed by atoms with E-state index in [2.05, 4.69) is 21.6 Å². The first kappa shape index (κ1) is 18.5. The summed E-state index contributed by atoms with van der Waals surface area (Å²) < 4.78 is 11.2. The second-order valence-corrected chi connectivity index (χ2v) is 7.70. The number of carbonyl (C=O) groups is 1. The molecule has 1 aliphatic carbocycles. The van der Waals surface area contributed by atoms with Gasteiger partial charge in [0.15, 0.2) is 0 Å². The zero-order chi connectivity index (χ0) is 19.5. The molecule has 1 saturated heterocycles. The Balaban J connectivity index is 1.44. The van der Waals surface area contributed by atoms with Crippen molar-refractivity contribution in [3.63, 3.8) is 0 Å². The first-order chi connectivity index (χ1) is 13.7. The van der Waals surface area contributed by atoms with Crippen LogP contribution >= 0.6 is 0 Å². The topological polar surface area (TPSA) is 101 Å². The molecule has 4 rings (SSSR count). The molecule has 1 aromatic heterocycles. The molecule has 28 heavy (non-hydrogen) atoms. The van der Waals surface area contributed by atoms with Crippen LogP contribution < -0.4 is 10.1 Å². The fourth-order valence-corrected chi connectivity index (χ4v) is 4.43. The summed E-state index contributed by atoms with van der Waals surface area (Å²) in [6.07, 6.45) is 6.48. The number of piperidine rings is 1. The predicted octanol–water partition coefficient (Wildman–Crippen LogP) is 2.78. The van der Waals surface area contributed by atoms with Crippen LogP contribution in [0.1, 0.15) is 55.0 Å². The average Bonchev–Trinajstić information content (AvgIpc) is 3.15. The molecule has 7 nitrogen and oxygen atoms in total. The van der Waals surface area contributed by atoms with E-state index in [0.29, 0.717) is 47.9 Å². The van der Waals surface area contributed by atoms with Gasteiger partial charge in [-0.05, 0) is 43.4 Å². The largest absolute Gasteiger partial charge is 0.496 e. The highest BCUT2D eigenvalue weighted by atomic mass is 16.5. The lowest BCUT2D eigenvalue weighted by Gasteiger charge is -2.39. The molecule has 1 N–H and O–H groups in total. The maximum absolute atomic E-state index is 12.5. The van der Waals surface area contributed by atoms with Gasteiger partial charge in [0.05, 0.1) is 25.2 Å². The van der Waals surface area contributed by atoms with E-state index in [1.165, 1.54) is 19.3 Å². The van der Waals surface area contributed by atoms with Crippen LogP contribution in [-0.2, 0) is 17.6 Å². The molecule has 146 valence electrons. The van der Waals surface area contributed by atoms with Crippen LogP contribution in [0.5, 0.6) is 5.75 Å².